The van der Waals surface area contributed by atoms with Crippen molar-refractivity contribution in [1.29, 1.82) is 0 Å². The predicted molar refractivity (Wildman–Crippen MR) is 96.1 cm³/mol. The number of ether oxygens (including phenoxy) is 1. The molecule has 2 aliphatic rings. The molecule has 0 unspecified atom stereocenters. The highest BCUT2D eigenvalue weighted by molar-refractivity contribution is 4.78. The lowest BCUT2D eigenvalue weighted by molar-refractivity contribution is 0.0842. The number of hydrogen-bond donors (Lipinski definition) is 0. The van der Waals surface area contributed by atoms with Gasteiger partial charge in [-0.3, -0.25) is 0 Å². The summed E-state index contributed by atoms with van der Waals surface area (Å²) >= 11 is 0. The maximum Gasteiger partial charge on any atom is 0.0494 e. The van der Waals surface area contributed by atoms with E-state index >= 15 is 0 Å². The van der Waals surface area contributed by atoms with Crippen LogP contribution in [0.2, 0.25) is 0 Å². The van der Waals surface area contributed by atoms with Gasteiger partial charge in [0.15, 0.2) is 0 Å². The van der Waals surface area contributed by atoms with E-state index in [-0.39, 0.29) is 0 Å². The Morgan fingerprint density at radius 1 is 0.773 bits per heavy atom. The lowest BCUT2D eigenvalue weighted by Crippen LogP contribution is -2.20. The molecule has 0 aliphatic heterocycles. The Labute approximate surface area is 138 Å². The largest absolute Gasteiger partial charge is 0.381 e. The molecule has 0 saturated heterocycles. The van der Waals surface area contributed by atoms with E-state index in [1.165, 1.54) is 77.0 Å². The molecule has 2 fully saturated rings. The molecule has 0 aromatic carbocycles. The van der Waals surface area contributed by atoms with Gasteiger partial charge in [-0.25, -0.2) is 0 Å². The van der Waals surface area contributed by atoms with Gasteiger partial charge in [0.25, 0.3) is 0 Å². The molecular weight excluding hydrogens is 268 g/mol. The molecule has 22 heavy (non-hydrogen) atoms. The van der Waals surface area contributed by atoms with E-state index in [1.54, 1.807) is 0 Å². The van der Waals surface area contributed by atoms with Gasteiger partial charge in [0.2, 0.25) is 0 Å². The topological polar surface area (TPSA) is 9.23 Å². The molecule has 0 bridgehead atoms. The molecular formula is C21H38O. The van der Waals surface area contributed by atoms with Crippen molar-refractivity contribution >= 4 is 0 Å². The van der Waals surface area contributed by atoms with Gasteiger partial charge in [-0.05, 0) is 56.3 Å². The van der Waals surface area contributed by atoms with Gasteiger partial charge < -0.3 is 4.74 Å². The van der Waals surface area contributed by atoms with Gasteiger partial charge in [-0.1, -0.05) is 57.4 Å². The molecule has 128 valence electrons. The third-order valence-electron chi connectivity index (χ3n) is 6.25. The smallest absolute Gasteiger partial charge is 0.0494 e. The Hall–Kier alpha value is -0.300. The fourth-order valence-electron chi connectivity index (χ4n) is 4.61. The maximum atomic E-state index is 5.60. The predicted octanol–water partition coefficient (Wildman–Crippen LogP) is 6.38. The van der Waals surface area contributed by atoms with Crippen molar-refractivity contribution in [3.63, 3.8) is 0 Å². The summed E-state index contributed by atoms with van der Waals surface area (Å²) in [4.78, 5) is 0. The average Bonchev–Trinajstić information content (AvgIpc) is 2.58. The van der Waals surface area contributed by atoms with Crippen molar-refractivity contribution < 1.29 is 4.74 Å². The lowest BCUT2D eigenvalue weighted by Gasteiger charge is -2.32. The minimum Gasteiger partial charge on any atom is -0.381 e. The number of hydrogen-bond acceptors (Lipinski definition) is 1. The molecule has 2 rings (SSSR count). The third-order valence-corrected chi connectivity index (χ3v) is 6.25. The van der Waals surface area contributed by atoms with Crippen molar-refractivity contribution in [3.8, 4) is 0 Å². The van der Waals surface area contributed by atoms with Crippen LogP contribution in [0.15, 0.2) is 12.7 Å². The fraction of sp³-hybridized carbons (Fsp3) is 0.905. The Balaban J connectivity index is 1.53. The van der Waals surface area contributed by atoms with Crippen molar-refractivity contribution in [2.75, 3.05) is 13.2 Å². The molecule has 0 heterocycles. The molecule has 0 aromatic rings. The minimum atomic E-state index is 0.858. The van der Waals surface area contributed by atoms with Crippen LogP contribution < -0.4 is 0 Å². The molecule has 0 N–H and O–H groups in total. The Kier molecular flexibility index (Phi) is 8.59. The van der Waals surface area contributed by atoms with E-state index in [0.717, 1.165) is 36.9 Å². The van der Waals surface area contributed by atoms with Crippen molar-refractivity contribution in [2.45, 2.75) is 84.0 Å². The lowest BCUT2D eigenvalue weighted by atomic mass is 9.75. The summed E-state index contributed by atoms with van der Waals surface area (Å²) in [5.41, 5.74) is 0. The zero-order chi connectivity index (χ0) is 15.6. The van der Waals surface area contributed by atoms with E-state index in [4.69, 9.17) is 4.74 Å². The van der Waals surface area contributed by atoms with Crippen LogP contribution in [0.5, 0.6) is 0 Å². The van der Waals surface area contributed by atoms with Crippen LogP contribution in [0.3, 0.4) is 0 Å². The molecule has 1 nitrogen and oxygen atoms in total. The molecule has 2 saturated carbocycles. The van der Waals surface area contributed by atoms with Gasteiger partial charge in [0, 0.05) is 13.2 Å². The first-order valence-electron chi connectivity index (χ1n) is 10.00. The zero-order valence-electron chi connectivity index (χ0n) is 14.9. The van der Waals surface area contributed by atoms with Crippen LogP contribution >= 0.6 is 0 Å². The Bertz CT molecular complexity index is 282. The van der Waals surface area contributed by atoms with Crippen LogP contribution in [0.1, 0.15) is 84.0 Å². The summed E-state index contributed by atoms with van der Waals surface area (Å²) in [6.07, 6.45) is 19.5. The van der Waals surface area contributed by atoms with Crippen LogP contribution in [-0.2, 0) is 4.74 Å². The van der Waals surface area contributed by atoms with E-state index < -0.39 is 0 Å². The quantitative estimate of drug-likeness (QED) is 0.449. The molecule has 2 aliphatic carbocycles. The minimum absolute atomic E-state index is 0.858. The Morgan fingerprint density at radius 2 is 1.23 bits per heavy atom. The second kappa shape index (κ2) is 10.5. The Morgan fingerprint density at radius 3 is 1.68 bits per heavy atom. The summed E-state index contributed by atoms with van der Waals surface area (Å²) in [7, 11) is 0. The van der Waals surface area contributed by atoms with Gasteiger partial charge in [-0.2, -0.15) is 0 Å². The zero-order valence-corrected chi connectivity index (χ0v) is 14.9. The summed E-state index contributed by atoms with van der Waals surface area (Å²) in [5, 5.41) is 0. The molecule has 0 amide bonds. The van der Waals surface area contributed by atoms with Crippen LogP contribution in [0.25, 0.3) is 0 Å². The first kappa shape index (κ1) is 18.0. The first-order chi connectivity index (χ1) is 10.8. The first-order valence-corrected chi connectivity index (χ1v) is 10.00. The van der Waals surface area contributed by atoms with Crippen LogP contribution in [0.4, 0.5) is 0 Å². The monoisotopic (exact) mass is 306 g/mol. The van der Waals surface area contributed by atoms with Crippen molar-refractivity contribution in [2.24, 2.45) is 23.7 Å². The summed E-state index contributed by atoms with van der Waals surface area (Å²) in [6, 6.07) is 0. The highest BCUT2D eigenvalue weighted by Crippen LogP contribution is 2.37. The highest BCUT2D eigenvalue weighted by Gasteiger charge is 2.24. The van der Waals surface area contributed by atoms with Gasteiger partial charge in [0.05, 0.1) is 0 Å². The second-order valence-corrected chi connectivity index (χ2v) is 7.88. The maximum absolute atomic E-state index is 5.60. The highest BCUT2D eigenvalue weighted by atomic mass is 16.5. The van der Waals surface area contributed by atoms with Gasteiger partial charge >= 0.3 is 0 Å². The van der Waals surface area contributed by atoms with E-state index in [9.17, 15) is 0 Å². The van der Waals surface area contributed by atoms with Crippen molar-refractivity contribution in [3.05, 3.63) is 12.7 Å². The van der Waals surface area contributed by atoms with Crippen LogP contribution in [-0.4, -0.2) is 13.2 Å². The van der Waals surface area contributed by atoms with Gasteiger partial charge in [-0.15, -0.1) is 6.58 Å². The number of rotatable bonds is 9. The molecule has 0 atom stereocenters. The number of allylic oxidation sites excluding steroid dienone is 1. The summed E-state index contributed by atoms with van der Waals surface area (Å²) in [6.45, 7) is 7.86. The average molecular weight is 307 g/mol. The molecule has 0 aromatic heterocycles. The molecule has 1 heteroatoms. The van der Waals surface area contributed by atoms with E-state index in [1.807, 2.05) is 0 Å². The molecule has 0 radical (unpaired) electrons. The van der Waals surface area contributed by atoms with E-state index in [0.29, 0.717) is 0 Å². The summed E-state index contributed by atoms with van der Waals surface area (Å²) in [5.74, 6) is 3.93. The van der Waals surface area contributed by atoms with Crippen LogP contribution in [0, 0.1) is 23.7 Å². The second-order valence-electron chi connectivity index (χ2n) is 7.88. The van der Waals surface area contributed by atoms with Gasteiger partial charge in [0.1, 0.15) is 0 Å². The normalized spacial score (nSPS) is 32.8. The van der Waals surface area contributed by atoms with E-state index in [2.05, 4.69) is 19.6 Å². The van der Waals surface area contributed by atoms with Crippen molar-refractivity contribution in [1.82, 2.24) is 0 Å². The fourth-order valence-corrected chi connectivity index (χ4v) is 4.61. The SMILES string of the molecule is C=CCCC1CCC(CCC2CCC(COCC)CC2)CC1. The summed E-state index contributed by atoms with van der Waals surface area (Å²) < 4.78 is 5.60. The molecule has 0 spiro atoms. The third kappa shape index (κ3) is 6.44. The standard InChI is InChI=1S/C21H38O/c1-3-5-6-18-7-9-19(10-8-18)11-12-20-13-15-21(16-14-20)17-22-4-2/h3,18-21H,1,4-17H2,2H3.